The van der Waals surface area contributed by atoms with Crippen LogP contribution in [0.3, 0.4) is 0 Å². The van der Waals surface area contributed by atoms with Gasteiger partial charge in [0.2, 0.25) is 0 Å². The highest BCUT2D eigenvalue weighted by molar-refractivity contribution is 4.67. The summed E-state index contributed by atoms with van der Waals surface area (Å²) in [6.45, 7) is 4.55. The van der Waals surface area contributed by atoms with Crippen molar-refractivity contribution in [1.82, 2.24) is 0 Å². The Balaban J connectivity index is 2.07. The van der Waals surface area contributed by atoms with Crippen LogP contribution in [0.15, 0.2) is 0 Å². The normalized spacial score (nSPS) is 24.2. The smallest absolute Gasteiger partial charge is 0.0803 e. The van der Waals surface area contributed by atoms with E-state index in [4.69, 9.17) is 9.84 Å². The highest BCUT2D eigenvalue weighted by Crippen LogP contribution is 2.25. The number of hydrogen-bond donors (Lipinski definition) is 1. The van der Waals surface area contributed by atoms with Gasteiger partial charge in [0.1, 0.15) is 0 Å². The first-order valence-corrected chi connectivity index (χ1v) is 5.00. The molecule has 0 saturated heterocycles. The van der Waals surface area contributed by atoms with Gasteiger partial charge in [0, 0.05) is 6.61 Å². The van der Waals surface area contributed by atoms with Gasteiger partial charge in [-0.15, -0.1) is 0 Å². The minimum absolute atomic E-state index is 0.00870. The molecule has 1 N–H and O–H groups in total. The van der Waals surface area contributed by atoms with Gasteiger partial charge in [-0.2, -0.15) is 0 Å². The third-order valence-electron chi connectivity index (χ3n) is 2.75. The molecule has 0 aliphatic heterocycles. The fourth-order valence-corrected chi connectivity index (χ4v) is 1.60. The molecule has 72 valence electrons. The van der Waals surface area contributed by atoms with Crippen LogP contribution in [0.1, 0.15) is 39.5 Å². The predicted octanol–water partition coefficient (Wildman–Crippen LogP) is 1.96. The molecule has 0 aromatic heterocycles. The second-order valence-corrected chi connectivity index (χ2v) is 3.93. The highest BCUT2D eigenvalue weighted by Gasteiger charge is 2.17. The molecule has 0 bridgehead atoms. The average molecular weight is 172 g/mol. The first kappa shape index (κ1) is 10.0. The topological polar surface area (TPSA) is 29.5 Å². The summed E-state index contributed by atoms with van der Waals surface area (Å²) >= 11 is 0. The van der Waals surface area contributed by atoms with Gasteiger partial charge in [-0.3, -0.25) is 0 Å². The monoisotopic (exact) mass is 172 g/mol. The summed E-state index contributed by atoms with van der Waals surface area (Å²) < 4.78 is 5.54. The van der Waals surface area contributed by atoms with E-state index in [1.807, 2.05) is 6.92 Å². The van der Waals surface area contributed by atoms with E-state index in [0.29, 0.717) is 0 Å². The van der Waals surface area contributed by atoms with Crippen LogP contribution in [0, 0.1) is 5.92 Å². The number of rotatable bonds is 4. The van der Waals surface area contributed by atoms with Gasteiger partial charge in [0.15, 0.2) is 0 Å². The summed E-state index contributed by atoms with van der Waals surface area (Å²) in [5.74, 6) is 0.756. The average Bonchev–Trinajstić information content (AvgIpc) is 2.51. The van der Waals surface area contributed by atoms with E-state index in [9.17, 15) is 0 Å². The van der Waals surface area contributed by atoms with E-state index < -0.39 is 0 Å². The van der Waals surface area contributed by atoms with Crippen molar-refractivity contribution in [3.05, 3.63) is 0 Å². The highest BCUT2D eigenvalue weighted by atomic mass is 16.5. The van der Waals surface area contributed by atoms with Crippen LogP contribution < -0.4 is 0 Å². The Labute approximate surface area is 74.9 Å². The lowest BCUT2D eigenvalue weighted by Crippen LogP contribution is -2.24. The van der Waals surface area contributed by atoms with E-state index in [-0.39, 0.29) is 12.2 Å². The number of aliphatic hydroxyl groups is 1. The Bertz CT molecular complexity index is 115. The molecule has 2 nitrogen and oxygen atoms in total. The quantitative estimate of drug-likeness (QED) is 0.702. The van der Waals surface area contributed by atoms with Crippen molar-refractivity contribution in [1.29, 1.82) is 0 Å². The molecule has 1 aliphatic carbocycles. The summed E-state index contributed by atoms with van der Waals surface area (Å²) in [5, 5.41) is 9.17. The van der Waals surface area contributed by atoms with E-state index in [1.165, 1.54) is 25.7 Å². The molecule has 1 rings (SSSR count). The van der Waals surface area contributed by atoms with Gasteiger partial charge >= 0.3 is 0 Å². The molecular formula is C10H20O2. The van der Waals surface area contributed by atoms with Crippen LogP contribution in [-0.4, -0.2) is 23.9 Å². The van der Waals surface area contributed by atoms with Crippen LogP contribution in [-0.2, 0) is 4.74 Å². The SMILES string of the molecule is CC(O)C(C)OCC1CCCC1. The third-order valence-corrected chi connectivity index (χ3v) is 2.75. The zero-order valence-corrected chi connectivity index (χ0v) is 8.12. The van der Waals surface area contributed by atoms with Crippen molar-refractivity contribution in [2.24, 2.45) is 5.92 Å². The standard InChI is InChI=1S/C10H20O2/c1-8(11)9(2)12-7-10-5-3-4-6-10/h8-11H,3-7H2,1-2H3. The van der Waals surface area contributed by atoms with Gasteiger partial charge in [0.05, 0.1) is 12.2 Å². The van der Waals surface area contributed by atoms with Crippen LogP contribution in [0.4, 0.5) is 0 Å². The predicted molar refractivity (Wildman–Crippen MR) is 49.1 cm³/mol. The first-order valence-electron chi connectivity index (χ1n) is 5.00. The summed E-state index contributed by atoms with van der Waals surface area (Å²) in [4.78, 5) is 0. The van der Waals surface area contributed by atoms with Crippen molar-refractivity contribution in [3.63, 3.8) is 0 Å². The molecule has 2 unspecified atom stereocenters. The first-order chi connectivity index (χ1) is 5.70. The Kier molecular flexibility index (Phi) is 4.02. The zero-order chi connectivity index (χ0) is 8.97. The minimum atomic E-state index is -0.341. The largest absolute Gasteiger partial charge is 0.391 e. The summed E-state index contributed by atoms with van der Waals surface area (Å²) in [5.41, 5.74) is 0. The van der Waals surface area contributed by atoms with Gasteiger partial charge in [0.25, 0.3) is 0 Å². The minimum Gasteiger partial charge on any atom is -0.391 e. The Morgan fingerprint density at radius 2 is 1.92 bits per heavy atom. The van der Waals surface area contributed by atoms with Crippen LogP contribution in [0.5, 0.6) is 0 Å². The Hall–Kier alpha value is -0.0800. The van der Waals surface area contributed by atoms with Crippen LogP contribution >= 0.6 is 0 Å². The number of hydrogen-bond acceptors (Lipinski definition) is 2. The second kappa shape index (κ2) is 4.83. The molecule has 0 spiro atoms. The maximum absolute atomic E-state index is 9.17. The maximum Gasteiger partial charge on any atom is 0.0803 e. The Morgan fingerprint density at radius 1 is 1.33 bits per heavy atom. The molecule has 2 atom stereocenters. The summed E-state index contributed by atoms with van der Waals surface area (Å²) in [7, 11) is 0. The van der Waals surface area contributed by atoms with Gasteiger partial charge < -0.3 is 9.84 Å². The zero-order valence-electron chi connectivity index (χ0n) is 8.12. The van der Waals surface area contributed by atoms with Crippen LogP contribution in [0.25, 0.3) is 0 Å². The van der Waals surface area contributed by atoms with Gasteiger partial charge in [-0.1, -0.05) is 12.8 Å². The number of aliphatic hydroxyl groups excluding tert-OH is 1. The summed E-state index contributed by atoms with van der Waals surface area (Å²) in [6, 6.07) is 0. The van der Waals surface area contributed by atoms with Crippen molar-refractivity contribution in [3.8, 4) is 0 Å². The molecule has 0 aromatic rings. The van der Waals surface area contributed by atoms with E-state index in [2.05, 4.69) is 0 Å². The third kappa shape index (κ3) is 3.11. The molecule has 0 aromatic carbocycles. The van der Waals surface area contributed by atoms with Crippen molar-refractivity contribution < 1.29 is 9.84 Å². The second-order valence-electron chi connectivity index (χ2n) is 3.93. The van der Waals surface area contributed by atoms with Crippen molar-refractivity contribution in [2.45, 2.75) is 51.7 Å². The molecule has 0 amide bonds. The van der Waals surface area contributed by atoms with Gasteiger partial charge in [-0.25, -0.2) is 0 Å². The van der Waals surface area contributed by atoms with E-state index in [1.54, 1.807) is 6.92 Å². The molecule has 2 heteroatoms. The lowest BCUT2D eigenvalue weighted by atomic mass is 10.1. The van der Waals surface area contributed by atoms with Crippen molar-refractivity contribution in [2.75, 3.05) is 6.61 Å². The molecular weight excluding hydrogens is 152 g/mol. The summed E-state index contributed by atoms with van der Waals surface area (Å²) in [6.07, 6.45) is 4.99. The fraction of sp³-hybridized carbons (Fsp3) is 1.00. The lowest BCUT2D eigenvalue weighted by molar-refractivity contribution is -0.0309. The lowest BCUT2D eigenvalue weighted by Gasteiger charge is -2.18. The molecule has 1 saturated carbocycles. The van der Waals surface area contributed by atoms with E-state index in [0.717, 1.165) is 12.5 Å². The molecule has 1 aliphatic rings. The van der Waals surface area contributed by atoms with E-state index >= 15 is 0 Å². The molecule has 12 heavy (non-hydrogen) atoms. The Morgan fingerprint density at radius 3 is 2.42 bits per heavy atom. The van der Waals surface area contributed by atoms with Gasteiger partial charge in [-0.05, 0) is 32.6 Å². The molecule has 1 fully saturated rings. The van der Waals surface area contributed by atoms with Crippen LogP contribution in [0.2, 0.25) is 0 Å². The maximum atomic E-state index is 9.17. The molecule has 0 heterocycles. The molecule has 0 radical (unpaired) electrons. The van der Waals surface area contributed by atoms with Crippen molar-refractivity contribution >= 4 is 0 Å². The fourth-order valence-electron chi connectivity index (χ4n) is 1.60. The number of ether oxygens (including phenoxy) is 1.